The lowest BCUT2D eigenvalue weighted by molar-refractivity contribution is 0.346. The van der Waals surface area contributed by atoms with Crippen LogP contribution in [0.15, 0.2) is 24.3 Å². The van der Waals surface area contributed by atoms with Gasteiger partial charge in [0.25, 0.3) is 0 Å². The van der Waals surface area contributed by atoms with Crippen LogP contribution in [0.5, 0.6) is 0 Å². The predicted octanol–water partition coefficient (Wildman–Crippen LogP) is 1.76. The van der Waals surface area contributed by atoms with Crippen LogP contribution in [0.25, 0.3) is 0 Å². The molecule has 0 aromatic heterocycles. The number of hydrogen-bond donors (Lipinski definition) is 1. The summed E-state index contributed by atoms with van der Waals surface area (Å²) in [5, 5.41) is 3.29. The molecule has 1 N–H and O–H groups in total. The van der Waals surface area contributed by atoms with Crippen molar-refractivity contribution in [1.82, 2.24) is 5.32 Å². The van der Waals surface area contributed by atoms with Gasteiger partial charge in [-0.3, -0.25) is 0 Å². The zero-order valence-corrected chi connectivity index (χ0v) is 7.51. The van der Waals surface area contributed by atoms with Gasteiger partial charge < -0.3 is 5.32 Å². The van der Waals surface area contributed by atoms with Gasteiger partial charge in [0.1, 0.15) is 0 Å². The molecule has 0 atom stereocenters. The summed E-state index contributed by atoms with van der Waals surface area (Å²) >= 11 is 0. The fourth-order valence-electron chi connectivity index (χ4n) is 1.55. The lowest BCUT2D eigenvalue weighted by Gasteiger charge is -2.27. The second-order valence-electron chi connectivity index (χ2n) is 3.71. The molecule has 1 aliphatic rings. The third kappa shape index (κ3) is 1.67. The summed E-state index contributed by atoms with van der Waals surface area (Å²) in [6, 6.07) is 8.88. The van der Waals surface area contributed by atoms with Gasteiger partial charge in [-0.05, 0) is 37.9 Å². The van der Waals surface area contributed by atoms with E-state index in [0.717, 1.165) is 5.92 Å². The molecule has 0 bridgehead atoms. The Labute approximate surface area is 73.8 Å². The van der Waals surface area contributed by atoms with Crippen LogP contribution in [-0.4, -0.2) is 13.1 Å². The van der Waals surface area contributed by atoms with Crippen molar-refractivity contribution in [3.05, 3.63) is 35.4 Å². The van der Waals surface area contributed by atoms with Crippen molar-refractivity contribution >= 4 is 0 Å². The molecule has 0 unspecified atom stereocenters. The van der Waals surface area contributed by atoms with Gasteiger partial charge >= 0.3 is 0 Å². The Hall–Kier alpha value is -0.820. The van der Waals surface area contributed by atoms with Crippen LogP contribution in [-0.2, 0) is 6.42 Å². The standard InChI is InChI=1S/C11H15N/c1-9-2-4-10(5-3-9)6-11-7-12-8-11/h2-5,11-12H,6-8H2,1H3. The highest BCUT2D eigenvalue weighted by Crippen LogP contribution is 2.12. The average molecular weight is 161 g/mol. The van der Waals surface area contributed by atoms with Crippen LogP contribution in [0.4, 0.5) is 0 Å². The summed E-state index contributed by atoms with van der Waals surface area (Å²) in [7, 11) is 0. The Balaban J connectivity index is 1.98. The molecule has 1 nitrogen and oxygen atoms in total. The minimum Gasteiger partial charge on any atom is -0.316 e. The lowest BCUT2D eigenvalue weighted by Crippen LogP contribution is -2.43. The first kappa shape index (κ1) is 7.81. The predicted molar refractivity (Wildman–Crippen MR) is 51.2 cm³/mol. The van der Waals surface area contributed by atoms with Gasteiger partial charge in [-0.15, -0.1) is 0 Å². The molecule has 1 aliphatic heterocycles. The van der Waals surface area contributed by atoms with Crippen LogP contribution in [0.2, 0.25) is 0 Å². The topological polar surface area (TPSA) is 12.0 Å². The van der Waals surface area contributed by atoms with Crippen LogP contribution in [0.1, 0.15) is 11.1 Å². The monoisotopic (exact) mass is 161 g/mol. The van der Waals surface area contributed by atoms with Crippen LogP contribution < -0.4 is 5.32 Å². The number of hydrogen-bond acceptors (Lipinski definition) is 1. The van der Waals surface area contributed by atoms with E-state index < -0.39 is 0 Å². The first-order valence-corrected chi connectivity index (χ1v) is 4.61. The first-order chi connectivity index (χ1) is 5.84. The van der Waals surface area contributed by atoms with Crippen molar-refractivity contribution in [2.24, 2.45) is 5.92 Å². The summed E-state index contributed by atoms with van der Waals surface area (Å²) in [6.45, 7) is 4.54. The third-order valence-electron chi connectivity index (χ3n) is 2.51. The number of aryl methyl sites for hydroxylation is 1. The molecule has 0 amide bonds. The van der Waals surface area contributed by atoms with Crippen LogP contribution in [0.3, 0.4) is 0 Å². The molecule has 0 radical (unpaired) electrons. The molecule has 1 fully saturated rings. The largest absolute Gasteiger partial charge is 0.316 e. The van der Waals surface area contributed by atoms with E-state index in [9.17, 15) is 0 Å². The van der Waals surface area contributed by atoms with E-state index >= 15 is 0 Å². The van der Waals surface area contributed by atoms with E-state index in [0.29, 0.717) is 0 Å². The Morgan fingerprint density at radius 1 is 1.25 bits per heavy atom. The molecule has 1 heteroatoms. The van der Waals surface area contributed by atoms with Gasteiger partial charge in [0.2, 0.25) is 0 Å². The average Bonchev–Trinajstić information content (AvgIpc) is 2.00. The summed E-state index contributed by atoms with van der Waals surface area (Å²) < 4.78 is 0. The van der Waals surface area contributed by atoms with Crippen molar-refractivity contribution in [1.29, 1.82) is 0 Å². The van der Waals surface area contributed by atoms with E-state index in [2.05, 4.69) is 36.5 Å². The normalized spacial score (nSPS) is 17.4. The minimum absolute atomic E-state index is 0.882. The number of rotatable bonds is 2. The maximum Gasteiger partial charge on any atom is -0.000506 e. The van der Waals surface area contributed by atoms with E-state index in [1.165, 1.54) is 30.6 Å². The zero-order chi connectivity index (χ0) is 8.39. The minimum atomic E-state index is 0.882. The molecule has 1 heterocycles. The lowest BCUT2D eigenvalue weighted by atomic mass is 9.94. The molecular formula is C11H15N. The maximum atomic E-state index is 3.29. The van der Waals surface area contributed by atoms with Gasteiger partial charge in [-0.2, -0.15) is 0 Å². The molecule has 1 aromatic carbocycles. The van der Waals surface area contributed by atoms with Gasteiger partial charge in [0, 0.05) is 0 Å². The molecule has 12 heavy (non-hydrogen) atoms. The summed E-state index contributed by atoms with van der Waals surface area (Å²) in [4.78, 5) is 0. The Kier molecular flexibility index (Phi) is 2.13. The quantitative estimate of drug-likeness (QED) is 0.697. The Morgan fingerprint density at radius 2 is 1.92 bits per heavy atom. The summed E-state index contributed by atoms with van der Waals surface area (Å²) in [6.07, 6.45) is 1.24. The highest BCUT2D eigenvalue weighted by Gasteiger charge is 2.16. The molecule has 64 valence electrons. The molecule has 0 aliphatic carbocycles. The van der Waals surface area contributed by atoms with Crippen molar-refractivity contribution in [3.8, 4) is 0 Å². The van der Waals surface area contributed by atoms with Crippen molar-refractivity contribution in [3.63, 3.8) is 0 Å². The molecule has 2 rings (SSSR count). The van der Waals surface area contributed by atoms with Gasteiger partial charge in [-0.25, -0.2) is 0 Å². The summed E-state index contributed by atoms with van der Waals surface area (Å²) in [5.41, 5.74) is 2.83. The second kappa shape index (κ2) is 3.28. The van der Waals surface area contributed by atoms with Crippen molar-refractivity contribution < 1.29 is 0 Å². The van der Waals surface area contributed by atoms with E-state index in [1.54, 1.807) is 0 Å². The molecular weight excluding hydrogens is 146 g/mol. The zero-order valence-electron chi connectivity index (χ0n) is 7.51. The number of nitrogens with one attached hydrogen (secondary N) is 1. The molecule has 0 spiro atoms. The second-order valence-corrected chi connectivity index (χ2v) is 3.71. The van der Waals surface area contributed by atoms with Crippen LogP contribution >= 0.6 is 0 Å². The number of benzene rings is 1. The molecule has 0 saturated carbocycles. The van der Waals surface area contributed by atoms with Gasteiger partial charge in [-0.1, -0.05) is 29.8 Å². The van der Waals surface area contributed by atoms with Gasteiger partial charge in [0.05, 0.1) is 0 Å². The summed E-state index contributed by atoms with van der Waals surface area (Å²) in [5.74, 6) is 0.882. The van der Waals surface area contributed by atoms with E-state index in [-0.39, 0.29) is 0 Å². The van der Waals surface area contributed by atoms with E-state index in [4.69, 9.17) is 0 Å². The fraction of sp³-hybridized carbons (Fsp3) is 0.455. The highest BCUT2D eigenvalue weighted by atomic mass is 14.9. The van der Waals surface area contributed by atoms with Crippen molar-refractivity contribution in [2.45, 2.75) is 13.3 Å². The van der Waals surface area contributed by atoms with E-state index in [1.807, 2.05) is 0 Å². The smallest absolute Gasteiger partial charge is 0.000506 e. The third-order valence-corrected chi connectivity index (χ3v) is 2.51. The van der Waals surface area contributed by atoms with Crippen LogP contribution in [0, 0.1) is 12.8 Å². The highest BCUT2D eigenvalue weighted by molar-refractivity contribution is 5.22. The SMILES string of the molecule is Cc1ccc(CC2CNC2)cc1. The first-order valence-electron chi connectivity index (χ1n) is 4.61. The molecule has 1 aromatic rings. The fourth-order valence-corrected chi connectivity index (χ4v) is 1.55. The Bertz CT molecular complexity index is 246. The van der Waals surface area contributed by atoms with Gasteiger partial charge in [0.15, 0.2) is 0 Å². The Morgan fingerprint density at radius 3 is 2.42 bits per heavy atom. The molecule has 1 saturated heterocycles. The maximum absolute atomic E-state index is 3.29. The van der Waals surface area contributed by atoms with Crippen molar-refractivity contribution in [2.75, 3.05) is 13.1 Å².